The summed E-state index contributed by atoms with van der Waals surface area (Å²) in [7, 11) is 0. The highest BCUT2D eigenvalue weighted by atomic mass is 32.1. The van der Waals surface area contributed by atoms with E-state index in [-0.39, 0.29) is 18.4 Å². The van der Waals surface area contributed by atoms with Crippen LogP contribution in [0.15, 0.2) is 60.0 Å². The van der Waals surface area contributed by atoms with Gasteiger partial charge in [0.1, 0.15) is 6.61 Å². The zero-order valence-electron chi connectivity index (χ0n) is 15.8. The monoisotopic (exact) mass is 407 g/mol. The first kappa shape index (κ1) is 19.1. The van der Waals surface area contributed by atoms with Crippen molar-refractivity contribution in [2.75, 3.05) is 18.5 Å². The van der Waals surface area contributed by atoms with Gasteiger partial charge in [0.15, 0.2) is 0 Å². The third-order valence-electron chi connectivity index (χ3n) is 4.57. The van der Waals surface area contributed by atoms with E-state index in [1.165, 1.54) is 5.56 Å². The minimum Gasteiger partial charge on any atom is -0.448 e. The first-order chi connectivity index (χ1) is 14.2. The van der Waals surface area contributed by atoms with Gasteiger partial charge in [-0.3, -0.25) is 4.79 Å². The van der Waals surface area contributed by atoms with Crippen molar-refractivity contribution in [3.05, 3.63) is 81.8 Å². The lowest BCUT2D eigenvalue weighted by Gasteiger charge is -2.13. The van der Waals surface area contributed by atoms with Crippen LogP contribution >= 0.6 is 11.3 Å². The molecule has 0 radical (unpaired) electrons. The van der Waals surface area contributed by atoms with Gasteiger partial charge in [-0.2, -0.15) is 0 Å². The van der Waals surface area contributed by atoms with Crippen LogP contribution in [0.2, 0.25) is 0 Å². The average Bonchev–Trinajstić information content (AvgIpc) is 3.32. The van der Waals surface area contributed by atoms with Crippen LogP contribution in [0.1, 0.15) is 21.8 Å². The fourth-order valence-electron chi connectivity index (χ4n) is 3.19. The van der Waals surface area contributed by atoms with Crippen LogP contribution in [0.4, 0.5) is 10.5 Å². The molecule has 6 nitrogen and oxygen atoms in total. The van der Waals surface area contributed by atoms with Crippen LogP contribution in [0.5, 0.6) is 0 Å². The standard InChI is InChI=1S/C22H21N3O3S/c26-20(13-19-15-29-21(24-19)12-16-5-2-1-3-6-16)23-18-8-4-7-17(11-18)14-25-9-10-28-22(25)27/h1-8,11,15H,9-10,12-14H2,(H,23,26). The van der Waals surface area contributed by atoms with Gasteiger partial charge in [0.05, 0.1) is 23.7 Å². The third kappa shape index (κ3) is 5.20. The largest absolute Gasteiger partial charge is 0.448 e. The van der Waals surface area contributed by atoms with E-state index >= 15 is 0 Å². The number of amides is 2. The van der Waals surface area contributed by atoms with Crippen molar-refractivity contribution in [1.82, 2.24) is 9.88 Å². The molecule has 2 aromatic carbocycles. The number of cyclic esters (lactones) is 1. The number of nitrogens with one attached hydrogen (secondary N) is 1. The Balaban J connectivity index is 1.33. The van der Waals surface area contributed by atoms with Gasteiger partial charge < -0.3 is 15.0 Å². The van der Waals surface area contributed by atoms with E-state index in [4.69, 9.17) is 4.74 Å². The number of nitrogens with zero attached hydrogens (tertiary/aromatic N) is 2. The predicted molar refractivity (Wildman–Crippen MR) is 112 cm³/mol. The summed E-state index contributed by atoms with van der Waals surface area (Å²) in [6.07, 6.45) is 0.705. The van der Waals surface area contributed by atoms with Crippen LogP contribution in [0, 0.1) is 0 Å². The lowest BCUT2D eigenvalue weighted by Crippen LogP contribution is -2.23. The molecule has 29 heavy (non-hydrogen) atoms. The summed E-state index contributed by atoms with van der Waals surface area (Å²) in [6, 6.07) is 17.7. The second-order valence-electron chi connectivity index (χ2n) is 6.86. The van der Waals surface area contributed by atoms with Crippen LogP contribution in [0.3, 0.4) is 0 Å². The Bertz CT molecular complexity index is 1000. The van der Waals surface area contributed by atoms with Crippen molar-refractivity contribution in [2.45, 2.75) is 19.4 Å². The minimum absolute atomic E-state index is 0.112. The Hall–Kier alpha value is -3.19. The van der Waals surface area contributed by atoms with E-state index in [2.05, 4.69) is 22.4 Å². The van der Waals surface area contributed by atoms with E-state index in [0.29, 0.717) is 25.4 Å². The molecule has 1 aromatic heterocycles. The van der Waals surface area contributed by atoms with Gasteiger partial charge in [-0.05, 0) is 23.3 Å². The number of carbonyl (C=O) groups excluding carboxylic acids is 2. The molecular weight excluding hydrogens is 386 g/mol. The molecule has 7 heteroatoms. The van der Waals surface area contributed by atoms with Crippen LogP contribution < -0.4 is 5.32 Å². The van der Waals surface area contributed by atoms with Crippen molar-refractivity contribution in [2.24, 2.45) is 0 Å². The van der Waals surface area contributed by atoms with Gasteiger partial charge in [-0.25, -0.2) is 9.78 Å². The van der Waals surface area contributed by atoms with Crippen LogP contribution in [0.25, 0.3) is 0 Å². The topological polar surface area (TPSA) is 71.5 Å². The van der Waals surface area contributed by atoms with Gasteiger partial charge in [-0.15, -0.1) is 11.3 Å². The Labute approximate surface area is 173 Å². The zero-order valence-corrected chi connectivity index (χ0v) is 16.7. The molecule has 148 valence electrons. The predicted octanol–water partition coefficient (Wildman–Crippen LogP) is 3.87. The van der Waals surface area contributed by atoms with Gasteiger partial charge in [0.2, 0.25) is 5.91 Å². The molecule has 0 saturated carbocycles. The molecular formula is C22H21N3O3S. The van der Waals surface area contributed by atoms with E-state index in [1.807, 2.05) is 47.8 Å². The summed E-state index contributed by atoms with van der Waals surface area (Å²) in [4.78, 5) is 30.2. The molecule has 0 spiro atoms. The molecule has 1 saturated heterocycles. The number of aromatic nitrogens is 1. The number of thiazole rings is 1. The lowest BCUT2D eigenvalue weighted by atomic mass is 10.2. The molecule has 0 bridgehead atoms. The molecule has 0 atom stereocenters. The molecule has 0 unspecified atom stereocenters. The maximum Gasteiger partial charge on any atom is 0.410 e. The zero-order chi connectivity index (χ0) is 20.1. The van der Waals surface area contributed by atoms with Crippen LogP contribution in [-0.4, -0.2) is 35.0 Å². The number of benzene rings is 2. The van der Waals surface area contributed by atoms with E-state index in [0.717, 1.165) is 22.7 Å². The third-order valence-corrected chi connectivity index (χ3v) is 5.47. The molecule has 1 aliphatic rings. The highest BCUT2D eigenvalue weighted by molar-refractivity contribution is 7.09. The summed E-state index contributed by atoms with van der Waals surface area (Å²) in [6.45, 7) is 1.48. The molecule has 2 heterocycles. The first-order valence-electron chi connectivity index (χ1n) is 9.43. The number of hydrogen-bond donors (Lipinski definition) is 1. The number of carbonyl (C=O) groups is 2. The van der Waals surface area contributed by atoms with Crippen molar-refractivity contribution in [3.63, 3.8) is 0 Å². The number of hydrogen-bond acceptors (Lipinski definition) is 5. The summed E-state index contributed by atoms with van der Waals surface area (Å²) >= 11 is 1.57. The first-order valence-corrected chi connectivity index (χ1v) is 10.3. The van der Waals surface area contributed by atoms with Crippen molar-refractivity contribution in [3.8, 4) is 0 Å². The summed E-state index contributed by atoms with van der Waals surface area (Å²) in [5.74, 6) is -0.112. The van der Waals surface area contributed by atoms with Crippen molar-refractivity contribution < 1.29 is 14.3 Å². The quantitative estimate of drug-likeness (QED) is 0.645. The van der Waals surface area contributed by atoms with Crippen LogP contribution in [-0.2, 0) is 28.9 Å². The Morgan fingerprint density at radius 3 is 2.76 bits per heavy atom. The smallest absolute Gasteiger partial charge is 0.410 e. The molecule has 3 aromatic rings. The fraction of sp³-hybridized carbons (Fsp3) is 0.227. The maximum absolute atomic E-state index is 12.4. The Morgan fingerprint density at radius 2 is 1.97 bits per heavy atom. The molecule has 1 N–H and O–H groups in total. The molecule has 4 rings (SSSR count). The summed E-state index contributed by atoms with van der Waals surface area (Å²) in [5.41, 5.74) is 3.63. The van der Waals surface area contributed by atoms with Gasteiger partial charge >= 0.3 is 6.09 Å². The summed E-state index contributed by atoms with van der Waals surface area (Å²) in [5, 5.41) is 5.85. The SMILES string of the molecule is O=C(Cc1csc(Cc2ccccc2)n1)Nc1cccc(CN2CCOC2=O)c1. The van der Waals surface area contributed by atoms with E-state index in [9.17, 15) is 9.59 Å². The van der Waals surface area contributed by atoms with Crippen molar-refractivity contribution >= 4 is 29.0 Å². The van der Waals surface area contributed by atoms with Gasteiger partial charge in [0, 0.05) is 24.0 Å². The maximum atomic E-state index is 12.4. The van der Waals surface area contributed by atoms with E-state index < -0.39 is 0 Å². The molecule has 1 fully saturated rings. The highest BCUT2D eigenvalue weighted by Gasteiger charge is 2.21. The number of ether oxygens (including phenoxy) is 1. The number of rotatable bonds is 7. The Morgan fingerprint density at radius 1 is 1.14 bits per heavy atom. The summed E-state index contributed by atoms with van der Waals surface area (Å²) < 4.78 is 4.95. The minimum atomic E-state index is -0.297. The Kier molecular flexibility index (Phi) is 5.86. The molecule has 1 aliphatic heterocycles. The average molecular weight is 407 g/mol. The van der Waals surface area contributed by atoms with E-state index in [1.54, 1.807) is 16.2 Å². The molecule has 0 aliphatic carbocycles. The second kappa shape index (κ2) is 8.87. The highest BCUT2D eigenvalue weighted by Crippen LogP contribution is 2.17. The number of anilines is 1. The lowest BCUT2D eigenvalue weighted by molar-refractivity contribution is -0.115. The van der Waals surface area contributed by atoms with Gasteiger partial charge in [0.25, 0.3) is 0 Å². The normalized spacial score (nSPS) is 13.4. The fourth-order valence-corrected chi connectivity index (χ4v) is 4.02. The van der Waals surface area contributed by atoms with Gasteiger partial charge in [-0.1, -0.05) is 42.5 Å². The van der Waals surface area contributed by atoms with Crippen molar-refractivity contribution in [1.29, 1.82) is 0 Å². The molecule has 2 amide bonds. The second-order valence-corrected chi connectivity index (χ2v) is 7.80.